The van der Waals surface area contributed by atoms with E-state index in [2.05, 4.69) is 41.4 Å². The smallest absolute Gasteiger partial charge is 0.112 e. The van der Waals surface area contributed by atoms with Crippen molar-refractivity contribution in [2.75, 3.05) is 11.5 Å². The molecule has 1 fully saturated rings. The van der Waals surface area contributed by atoms with Gasteiger partial charge in [-0.1, -0.05) is 42.5 Å². The van der Waals surface area contributed by atoms with Crippen LogP contribution in [-0.2, 0) is 11.3 Å². The second-order valence-electron chi connectivity index (χ2n) is 6.37. The van der Waals surface area contributed by atoms with Gasteiger partial charge in [0.25, 0.3) is 0 Å². The first-order valence-corrected chi connectivity index (χ1v) is 9.83. The third kappa shape index (κ3) is 3.88. The molecule has 2 nitrogen and oxygen atoms in total. The van der Waals surface area contributed by atoms with Crippen LogP contribution in [0.25, 0.3) is 16.3 Å². The van der Waals surface area contributed by atoms with Crippen LogP contribution in [0.5, 0.6) is 0 Å². The van der Waals surface area contributed by atoms with Crippen molar-refractivity contribution in [1.82, 2.24) is 4.98 Å². The highest BCUT2D eigenvalue weighted by atomic mass is 32.2. The molecule has 126 valence electrons. The Balaban J connectivity index is 1.61. The highest BCUT2D eigenvalue weighted by Gasteiger charge is 2.21. The Bertz CT molecular complexity index is 869. The van der Waals surface area contributed by atoms with Crippen molar-refractivity contribution in [3.63, 3.8) is 0 Å². The van der Waals surface area contributed by atoms with Gasteiger partial charge in [-0.2, -0.15) is 11.8 Å². The van der Waals surface area contributed by atoms with Crippen molar-refractivity contribution in [3.05, 3.63) is 84.4 Å². The van der Waals surface area contributed by atoms with Crippen LogP contribution >= 0.6 is 11.8 Å². The minimum atomic E-state index is 0.570. The SMILES string of the molecule is C(OCc1ccccc1)=C(c1ccc2cnccc2c1)C1CCSC1. The molecule has 3 heteroatoms. The second-order valence-corrected chi connectivity index (χ2v) is 7.52. The maximum absolute atomic E-state index is 5.98. The Hall–Kier alpha value is -2.26. The topological polar surface area (TPSA) is 22.1 Å². The standard InChI is InChI=1S/C22H21NOS/c1-2-4-17(5-3-1)14-24-15-22(21-9-11-25-16-21)19-6-7-20-13-23-10-8-18(20)12-19/h1-8,10,12-13,15,21H,9,11,14,16H2. The molecule has 0 aliphatic carbocycles. The number of fused-ring (bicyclic) bond motifs is 1. The Kier molecular flexibility index (Phi) is 5.03. The Labute approximate surface area is 152 Å². The Morgan fingerprint density at radius 3 is 2.88 bits per heavy atom. The third-order valence-corrected chi connectivity index (χ3v) is 5.81. The van der Waals surface area contributed by atoms with Crippen LogP contribution in [0.1, 0.15) is 17.5 Å². The molecule has 2 heterocycles. The maximum Gasteiger partial charge on any atom is 0.112 e. The summed E-state index contributed by atoms with van der Waals surface area (Å²) < 4.78 is 5.98. The summed E-state index contributed by atoms with van der Waals surface area (Å²) in [5, 5.41) is 2.41. The number of allylic oxidation sites excluding steroid dienone is 1. The lowest BCUT2D eigenvalue weighted by atomic mass is 9.92. The molecule has 1 unspecified atom stereocenters. The fraction of sp³-hybridized carbons (Fsp3) is 0.227. The number of ether oxygens (including phenoxy) is 1. The Morgan fingerprint density at radius 2 is 2.04 bits per heavy atom. The first kappa shape index (κ1) is 16.2. The summed E-state index contributed by atoms with van der Waals surface area (Å²) in [6, 6.07) is 19.0. The minimum absolute atomic E-state index is 0.570. The first-order valence-electron chi connectivity index (χ1n) is 8.67. The zero-order valence-corrected chi connectivity index (χ0v) is 14.9. The molecule has 0 spiro atoms. The van der Waals surface area contributed by atoms with Crippen LogP contribution < -0.4 is 0 Å². The largest absolute Gasteiger partial charge is 0.496 e. The molecule has 3 aromatic rings. The van der Waals surface area contributed by atoms with E-state index in [1.165, 1.54) is 45.4 Å². The van der Waals surface area contributed by atoms with E-state index in [0.29, 0.717) is 12.5 Å². The van der Waals surface area contributed by atoms with Gasteiger partial charge >= 0.3 is 0 Å². The fourth-order valence-corrected chi connectivity index (χ4v) is 4.49. The summed E-state index contributed by atoms with van der Waals surface area (Å²) in [7, 11) is 0. The number of benzene rings is 2. The highest BCUT2D eigenvalue weighted by molar-refractivity contribution is 7.99. The predicted molar refractivity (Wildman–Crippen MR) is 106 cm³/mol. The zero-order chi connectivity index (χ0) is 16.9. The van der Waals surface area contributed by atoms with E-state index < -0.39 is 0 Å². The van der Waals surface area contributed by atoms with Gasteiger partial charge in [-0.15, -0.1) is 0 Å². The van der Waals surface area contributed by atoms with Gasteiger partial charge in [-0.3, -0.25) is 4.98 Å². The number of nitrogens with zero attached hydrogens (tertiary/aromatic N) is 1. The van der Waals surface area contributed by atoms with Crippen LogP contribution in [0.4, 0.5) is 0 Å². The number of rotatable bonds is 5. The average Bonchev–Trinajstić information content (AvgIpc) is 3.20. The van der Waals surface area contributed by atoms with Crippen molar-refractivity contribution in [3.8, 4) is 0 Å². The number of pyridine rings is 1. The lowest BCUT2D eigenvalue weighted by Crippen LogP contribution is -2.03. The van der Waals surface area contributed by atoms with Crippen LogP contribution in [0.3, 0.4) is 0 Å². The summed E-state index contributed by atoms with van der Waals surface area (Å²) in [4.78, 5) is 4.21. The van der Waals surface area contributed by atoms with Gasteiger partial charge in [0.2, 0.25) is 0 Å². The number of hydrogen-bond acceptors (Lipinski definition) is 3. The van der Waals surface area contributed by atoms with E-state index in [-0.39, 0.29) is 0 Å². The number of aromatic nitrogens is 1. The van der Waals surface area contributed by atoms with Crippen LogP contribution in [0, 0.1) is 5.92 Å². The molecule has 1 aromatic heterocycles. The van der Waals surface area contributed by atoms with Crippen molar-refractivity contribution in [2.24, 2.45) is 5.92 Å². The zero-order valence-electron chi connectivity index (χ0n) is 14.1. The van der Waals surface area contributed by atoms with E-state index in [0.717, 1.165) is 0 Å². The molecule has 1 aliphatic heterocycles. The van der Waals surface area contributed by atoms with E-state index >= 15 is 0 Å². The quantitative estimate of drug-likeness (QED) is 0.565. The van der Waals surface area contributed by atoms with E-state index in [9.17, 15) is 0 Å². The molecule has 0 saturated carbocycles. The van der Waals surface area contributed by atoms with Crippen molar-refractivity contribution in [2.45, 2.75) is 13.0 Å². The molecule has 0 bridgehead atoms. The molecular formula is C22H21NOS. The van der Waals surface area contributed by atoms with Gasteiger partial charge in [0.15, 0.2) is 0 Å². The average molecular weight is 347 g/mol. The molecular weight excluding hydrogens is 326 g/mol. The molecule has 25 heavy (non-hydrogen) atoms. The van der Waals surface area contributed by atoms with E-state index in [1.807, 2.05) is 48.6 Å². The highest BCUT2D eigenvalue weighted by Crippen LogP contribution is 2.36. The fourth-order valence-electron chi connectivity index (χ4n) is 3.24. The number of thioether (sulfide) groups is 1. The molecule has 4 rings (SSSR count). The van der Waals surface area contributed by atoms with Crippen molar-refractivity contribution in [1.29, 1.82) is 0 Å². The normalized spacial score (nSPS) is 17.8. The second kappa shape index (κ2) is 7.75. The summed E-state index contributed by atoms with van der Waals surface area (Å²) in [6.07, 6.45) is 6.98. The summed E-state index contributed by atoms with van der Waals surface area (Å²) in [5.74, 6) is 2.98. The van der Waals surface area contributed by atoms with Gasteiger partial charge in [0.05, 0.1) is 6.26 Å². The number of hydrogen-bond donors (Lipinski definition) is 0. The lowest BCUT2D eigenvalue weighted by Gasteiger charge is -2.15. The van der Waals surface area contributed by atoms with Crippen LogP contribution in [-0.4, -0.2) is 16.5 Å². The predicted octanol–water partition coefficient (Wildman–Crippen LogP) is 5.55. The first-order chi connectivity index (χ1) is 12.4. The van der Waals surface area contributed by atoms with Crippen molar-refractivity contribution >= 4 is 28.1 Å². The molecule has 1 atom stereocenters. The van der Waals surface area contributed by atoms with Gasteiger partial charge in [0, 0.05) is 23.5 Å². The molecule has 0 amide bonds. The molecule has 0 radical (unpaired) electrons. The molecule has 1 aliphatic rings. The van der Waals surface area contributed by atoms with E-state index in [1.54, 1.807) is 0 Å². The molecule has 0 N–H and O–H groups in total. The van der Waals surface area contributed by atoms with Crippen molar-refractivity contribution < 1.29 is 4.74 Å². The van der Waals surface area contributed by atoms with E-state index in [4.69, 9.17) is 4.74 Å². The summed E-state index contributed by atoms with van der Waals surface area (Å²) >= 11 is 2.03. The lowest BCUT2D eigenvalue weighted by molar-refractivity contribution is 0.236. The monoisotopic (exact) mass is 347 g/mol. The third-order valence-electron chi connectivity index (χ3n) is 4.65. The molecule has 2 aromatic carbocycles. The molecule has 1 saturated heterocycles. The van der Waals surface area contributed by atoms with Crippen LogP contribution in [0.15, 0.2) is 73.3 Å². The van der Waals surface area contributed by atoms with Gasteiger partial charge in [-0.05, 0) is 52.3 Å². The van der Waals surface area contributed by atoms with Gasteiger partial charge < -0.3 is 4.74 Å². The minimum Gasteiger partial charge on any atom is -0.496 e. The van der Waals surface area contributed by atoms with Crippen LogP contribution in [0.2, 0.25) is 0 Å². The summed E-state index contributed by atoms with van der Waals surface area (Å²) in [6.45, 7) is 0.613. The maximum atomic E-state index is 5.98. The summed E-state index contributed by atoms with van der Waals surface area (Å²) in [5.41, 5.74) is 3.78. The Morgan fingerprint density at radius 1 is 1.12 bits per heavy atom. The van der Waals surface area contributed by atoms with Gasteiger partial charge in [0.1, 0.15) is 6.61 Å². The van der Waals surface area contributed by atoms with Gasteiger partial charge in [-0.25, -0.2) is 0 Å².